The van der Waals surface area contributed by atoms with Gasteiger partial charge in [-0.15, -0.1) is 0 Å². The highest BCUT2D eigenvalue weighted by atomic mass is 35.5. The molecule has 0 saturated heterocycles. The number of rotatable bonds is 3. The minimum atomic E-state index is 0.249. The van der Waals surface area contributed by atoms with Crippen LogP contribution in [0.15, 0.2) is 24.7 Å². The lowest BCUT2D eigenvalue weighted by Crippen LogP contribution is -2.00. The second-order valence-electron chi connectivity index (χ2n) is 3.16. The van der Waals surface area contributed by atoms with E-state index in [0.717, 1.165) is 24.5 Å². The van der Waals surface area contributed by atoms with Crippen molar-refractivity contribution in [3.63, 3.8) is 0 Å². The first-order chi connectivity index (χ1) is 7.31. The molecule has 0 aliphatic heterocycles. The zero-order chi connectivity index (χ0) is 10.7. The average molecular weight is 223 g/mol. The van der Waals surface area contributed by atoms with Gasteiger partial charge in [-0.1, -0.05) is 6.92 Å². The fourth-order valence-electron chi connectivity index (χ4n) is 1.42. The number of hydrogen-bond acceptors (Lipinski definition) is 3. The van der Waals surface area contributed by atoms with E-state index in [2.05, 4.69) is 26.4 Å². The van der Waals surface area contributed by atoms with Crippen molar-refractivity contribution in [2.45, 2.75) is 19.9 Å². The van der Waals surface area contributed by atoms with Crippen LogP contribution in [-0.4, -0.2) is 19.5 Å². The Kier molecular flexibility index (Phi) is 2.97. The van der Waals surface area contributed by atoms with Gasteiger partial charge in [-0.3, -0.25) is 0 Å². The Balaban J connectivity index is 2.40. The predicted octanol–water partition coefficient (Wildman–Crippen LogP) is 2.40. The van der Waals surface area contributed by atoms with E-state index in [1.165, 1.54) is 0 Å². The number of imidazole rings is 1. The van der Waals surface area contributed by atoms with Crippen LogP contribution in [0.25, 0.3) is 11.5 Å². The van der Waals surface area contributed by atoms with E-state index in [0.29, 0.717) is 0 Å². The second kappa shape index (κ2) is 4.40. The molecule has 0 bridgehead atoms. The molecule has 0 N–H and O–H groups in total. The number of hydrogen-bond donors (Lipinski definition) is 0. The van der Waals surface area contributed by atoms with Crippen LogP contribution in [0.4, 0.5) is 0 Å². The van der Waals surface area contributed by atoms with E-state index in [1.54, 1.807) is 18.5 Å². The molecule has 0 aliphatic carbocycles. The predicted molar refractivity (Wildman–Crippen MR) is 58.6 cm³/mol. The summed E-state index contributed by atoms with van der Waals surface area (Å²) in [7, 11) is 0. The number of aryl methyl sites for hydroxylation is 1. The molecule has 4 nitrogen and oxygen atoms in total. The maximum absolute atomic E-state index is 5.73. The van der Waals surface area contributed by atoms with Crippen molar-refractivity contribution in [2.24, 2.45) is 0 Å². The van der Waals surface area contributed by atoms with E-state index in [1.807, 2.05) is 6.20 Å². The van der Waals surface area contributed by atoms with Crippen molar-refractivity contribution < 1.29 is 0 Å². The number of halogens is 1. The molecule has 0 amide bonds. The normalized spacial score (nSPS) is 10.5. The molecule has 0 unspecified atom stereocenters. The molecule has 0 aromatic carbocycles. The van der Waals surface area contributed by atoms with E-state index in [-0.39, 0.29) is 5.28 Å². The lowest BCUT2D eigenvalue weighted by molar-refractivity contribution is 0.684. The first-order valence-corrected chi connectivity index (χ1v) is 5.19. The summed E-state index contributed by atoms with van der Waals surface area (Å²) >= 11 is 5.73. The van der Waals surface area contributed by atoms with Gasteiger partial charge in [-0.25, -0.2) is 15.0 Å². The molecule has 15 heavy (non-hydrogen) atoms. The highest BCUT2D eigenvalue weighted by Crippen LogP contribution is 2.15. The first-order valence-electron chi connectivity index (χ1n) is 4.81. The van der Waals surface area contributed by atoms with E-state index in [9.17, 15) is 0 Å². The number of nitrogens with zero attached hydrogens (tertiary/aromatic N) is 4. The molecule has 0 fully saturated rings. The zero-order valence-electron chi connectivity index (χ0n) is 8.39. The fraction of sp³-hybridized carbons (Fsp3) is 0.300. The van der Waals surface area contributed by atoms with Gasteiger partial charge in [0.2, 0.25) is 5.28 Å². The van der Waals surface area contributed by atoms with Crippen LogP contribution in [-0.2, 0) is 6.54 Å². The van der Waals surface area contributed by atoms with Crippen LogP contribution in [0.5, 0.6) is 0 Å². The van der Waals surface area contributed by atoms with Crippen LogP contribution in [0.1, 0.15) is 13.3 Å². The van der Waals surface area contributed by atoms with Crippen molar-refractivity contribution in [1.29, 1.82) is 0 Å². The Labute approximate surface area is 93.0 Å². The Morgan fingerprint density at radius 2 is 2.20 bits per heavy atom. The Hall–Kier alpha value is -1.42. The first kappa shape index (κ1) is 10.1. The smallest absolute Gasteiger partial charge is 0.222 e. The van der Waals surface area contributed by atoms with Gasteiger partial charge >= 0.3 is 0 Å². The third-order valence-corrected chi connectivity index (χ3v) is 2.22. The molecule has 0 saturated carbocycles. The third kappa shape index (κ3) is 2.15. The standard InChI is InChI=1S/C10H11ClN4/c1-2-6-15-7-5-12-9(15)8-3-4-13-10(11)14-8/h3-5,7H,2,6H2,1H3. The van der Waals surface area contributed by atoms with Gasteiger partial charge in [0.25, 0.3) is 0 Å². The summed E-state index contributed by atoms with van der Waals surface area (Å²) in [5.74, 6) is 0.834. The Bertz CT molecular complexity index is 452. The van der Waals surface area contributed by atoms with Gasteiger partial charge in [-0.05, 0) is 24.1 Å². The summed E-state index contributed by atoms with van der Waals surface area (Å²) in [6.45, 7) is 3.05. The molecule has 2 rings (SSSR count). The lowest BCUT2D eigenvalue weighted by atomic mass is 10.3. The minimum absolute atomic E-state index is 0.249. The van der Waals surface area contributed by atoms with Crippen LogP contribution in [0.2, 0.25) is 5.28 Å². The largest absolute Gasteiger partial charge is 0.330 e. The average Bonchev–Trinajstić information content (AvgIpc) is 2.66. The molecule has 5 heteroatoms. The summed E-state index contributed by atoms with van der Waals surface area (Å²) < 4.78 is 2.05. The van der Waals surface area contributed by atoms with Gasteiger partial charge in [0, 0.05) is 25.1 Å². The van der Waals surface area contributed by atoms with Crippen LogP contribution < -0.4 is 0 Å². The van der Waals surface area contributed by atoms with Gasteiger partial charge in [-0.2, -0.15) is 0 Å². The molecular weight excluding hydrogens is 212 g/mol. The van der Waals surface area contributed by atoms with Crippen LogP contribution in [0, 0.1) is 0 Å². The van der Waals surface area contributed by atoms with E-state index < -0.39 is 0 Å². The Morgan fingerprint density at radius 3 is 2.93 bits per heavy atom. The minimum Gasteiger partial charge on any atom is -0.330 e. The van der Waals surface area contributed by atoms with Gasteiger partial charge < -0.3 is 4.57 Å². The van der Waals surface area contributed by atoms with E-state index >= 15 is 0 Å². The lowest BCUT2D eigenvalue weighted by Gasteiger charge is -2.04. The molecular formula is C10H11ClN4. The molecule has 2 heterocycles. The molecule has 0 spiro atoms. The quantitative estimate of drug-likeness (QED) is 0.749. The maximum atomic E-state index is 5.73. The summed E-state index contributed by atoms with van der Waals surface area (Å²) in [4.78, 5) is 12.2. The van der Waals surface area contributed by atoms with Crippen molar-refractivity contribution in [1.82, 2.24) is 19.5 Å². The summed E-state index contributed by atoms with van der Waals surface area (Å²) in [5.41, 5.74) is 0.758. The van der Waals surface area contributed by atoms with Crippen molar-refractivity contribution in [3.05, 3.63) is 29.9 Å². The molecule has 78 valence electrons. The second-order valence-corrected chi connectivity index (χ2v) is 3.49. The molecule has 2 aromatic rings. The molecule has 2 aromatic heterocycles. The van der Waals surface area contributed by atoms with Crippen LogP contribution >= 0.6 is 11.6 Å². The van der Waals surface area contributed by atoms with Gasteiger partial charge in [0.05, 0.1) is 0 Å². The zero-order valence-corrected chi connectivity index (χ0v) is 9.15. The van der Waals surface area contributed by atoms with Gasteiger partial charge in [0.1, 0.15) is 5.69 Å². The topological polar surface area (TPSA) is 43.6 Å². The molecule has 0 radical (unpaired) electrons. The number of aromatic nitrogens is 4. The van der Waals surface area contributed by atoms with Crippen molar-refractivity contribution in [2.75, 3.05) is 0 Å². The highest BCUT2D eigenvalue weighted by molar-refractivity contribution is 6.28. The summed E-state index contributed by atoms with van der Waals surface area (Å²) in [6.07, 6.45) is 6.40. The SMILES string of the molecule is CCCn1ccnc1-c1ccnc(Cl)n1. The third-order valence-electron chi connectivity index (χ3n) is 2.04. The monoisotopic (exact) mass is 222 g/mol. The van der Waals surface area contributed by atoms with Crippen molar-refractivity contribution in [3.8, 4) is 11.5 Å². The maximum Gasteiger partial charge on any atom is 0.222 e. The van der Waals surface area contributed by atoms with E-state index in [4.69, 9.17) is 11.6 Å². The fourth-order valence-corrected chi connectivity index (χ4v) is 1.57. The van der Waals surface area contributed by atoms with Crippen molar-refractivity contribution >= 4 is 11.6 Å². The summed E-state index contributed by atoms with van der Waals surface area (Å²) in [5, 5.41) is 0.249. The van der Waals surface area contributed by atoms with Gasteiger partial charge in [0.15, 0.2) is 5.82 Å². The molecule has 0 atom stereocenters. The highest BCUT2D eigenvalue weighted by Gasteiger charge is 2.07. The molecule has 0 aliphatic rings. The summed E-state index contributed by atoms with van der Waals surface area (Å²) in [6, 6.07) is 1.81. The van der Waals surface area contributed by atoms with Crippen LogP contribution in [0.3, 0.4) is 0 Å². The Morgan fingerprint density at radius 1 is 1.33 bits per heavy atom.